The quantitative estimate of drug-likeness (QED) is 0.666. The highest BCUT2D eigenvalue weighted by molar-refractivity contribution is 5.97. The number of nitro groups is 2. The van der Waals surface area contributed by atoms with E-state index in [1.54, 1.807) is 17.0 Å². The first kappa shape index (κ1) is 16.2. The maximum atomic E-state index is 10.8. The Hall–Kier alpha value is -3.69. The van der Waals surface area contributed by atoms with Crippen molar-refractivity contribution < 1.29 is 9.96 Å². The van der Waals surface area contributed by atoms with Crippen molar-refractivity contribution in [2.24, 2.45) is 5.10 Å². The molecule has 3 rings (SSSR count). The Morgan fingerprint density at radius 1 is 0.960 bits per heavy atom. The predicted octanol–water partition coefficient (Wildman–Crippen LogP) is 1.97. The van der Waals surface area contributed by atoms with Gasteiger partial charge in [-0.15, -0.1) is 0 Å². The first-order chi connectivity index (χ1) is 12.0. The van der Waals surface area contributed by atoms with Crippen LogP contribution < -0.4 is 15.1 Å². The van der Waals surface area contributed by atoms with Crippen LogP contribution in [0.5, 0.6) is 0 Å². The van der Waals surface area contributed by atoms with E-state index < -0.39 is 9.96 Å². The molecule has 0 atom stereocenters. The van der Waals surface area contributed by atoms with Gasteiger partial charge in [0.05, 0.1) is 18.3 Å². The Labute approximate surface area is 142 Å². The minimum Gasteiger partial charge on any atom is -0.336 e. The fourth-order valence-corrected chi connectivity index (χ4v) is 2.49. The lowest BCUT2D eigenvalue weighted by Gasteiger charge is -2.38. The SMILES string of the molecule is O=[N+]([O-])N=C1NCN(c2ccc([N+](=O)[O-])cc2)CN1c1ccccc1. The molecule has 1 fully saturated rings. The Morgan fingerprint density at radius 2 is 1.64 bits per heavy atom. The van der Waals surface area contributed by atoms with Gasteiger partial charge in [-0.2, -0.15) is 0 Å². The van der Waals surface area contributed by atoms with Crippen LogP contribution in [-0.2, 0) is 0 Å². The molecule has 128 valence electrons. The molecule has 0 bridgehead atoms. The van der Waals surface area contributed by atoms with Crippen LogP contribution in [0.3, 0.4) is 0 Å². The standard InChI is InChI=1S/C15H14N6O4/c22-20(23)14-8-6-12(7-9-14)18-10-16-15(17-21(24)25)19(11-18)13-4-2-1-3-5-13/h1-9H,10-11H2,(H,16,17). The molecule has 25 heavy (non-hydrogen) atoms. The number of para-hydroxylation sites is 1. The van der Waals surface area contributed by atoms with Crippen LogP contribution in [0.25, 0.3) is 0 Å². The Kier molecular flexibility index (Phi) is 4.42. The van der Waals surface area contributed by atoms with E-state index in [9.17, 15) is 20.2 Å². The van der Waals surface area contributed by atoms with Crippen LogP contribution in [0.1, 0.15) is 0 Å². The van der Waals surface area contributed by atoms with Crippen molar-refractivity contribution in [1.29, 1.82) is 0 Å². The molecule has 0 aliphatic carbocycles. The largest absolute Gasteiger partial charge is 0.336 e. The monoisotopic (exact) mass is 342 g/mol. The minimum absolute atomic E-state index is 0.00392. The van der Waals surface area contributed by atoms with Gasteiger partial charge in [-0.25, -0.2) is 10.1 Å². The van der Waals surface area contributed by atoms with Crippen LogP contribution in [0, 0.1) is 20.2 Å². The predicted molar refractivity (Wildman–Crippen MR) is 91.8 cm³/mol. The van der Waals surface area contributed by atoms with Crippen LogP contribution in [-0.4, -0.2) is 29.3 Å². The van der Waals surface area contributed by atoms with Crippen molar-refractivity contribution in [3.05, 3.63) is 74.8 Å². The number of anilines is 2. The molecule has 1 N–H and O–H groups in total. The summed E-state index contributed by atoms with van der Waals surface area (Å²) in [6, 6.07) is 15.2. The van der Waals surface area contributed by atoms with Gasteiger partial charge in [-0.05, 0) is 24.3 Å². The molecule has 2 aromatic carbocycles. The fourth-order valence-electron chi connectivity index (χ4n) is 2.49. The summed E-state index contributed by atoms with van der Waals surface area (Å²) in [6.45, 7) is 0.593. The van der Waals surface area contributed by atoms with Gasteiger partial charge in [0.25, 0.3) is 11.6 Å². The number of nitrogens with zero attached hydrogens (tertiary/aromatic N) is 5. The molecule has 0 radical (unpaired) electrons. The number of guanidine groups is 1. The fraction of sp³-hybridized carbons (Fsp3) is 0.133. The second-order valence-corrected chi connectivity index (χ2v) is 5.21. The summed E-state index contributed by atoms with van der Waals surface area (Å²) in [7, 11) is 0. The molecule has 0 amide bonds. The van der Waals surface area contributed by atoms with Crippen molar-refractivity contribution in [2.75, 3.05) is 23.1 Å². The number of rotatable bonds is 4. The smallest absolute Gasteiger partial charge is 0.278 e. The van der Waals surface area contributed by atoms with E-state index >= 15 is 0 Å². The summed E-state index contributed by atoms with van der Waals surface area (Å²) in [6.07, 6.45) is 0. The van der Waals surface area contributed by atoms with E-state index in [0.29, 0.717) is 6.67 Å². The Balaban J connectivity index is 1.87. The molecule has 1 saturated heterocycles. The average Bonchev–Trinajstić information content (AvgIpc) is 2.62. The van der Waals surface area contributed by atoms with E-state index in [2.05, 4.69) is 10.4 Å². The number of hydrogen-bond acceptors (Lipinski definition) is 5. The second kappa shape index (κ2) is 6.83. The van der Waals surface area contributed by atoms with Crippen molar-refractivity contribution in [3.63, 3.8) is 0 Å². The number of nitrogens with one attached hydrogen (secondary N) is 1. The third-order valence-electron chi connectivity index (χ3n) is 3.67. The van der Waals surface area contributed by atoms with Gasteiger partial charge in [-0.3, -0.25) is 15.0 Å². The summed E-state index contributed by atoms with van der Waals surface area (Å²) >= 11 is 0. The first-order valence-corrected chi connectivity index (χ1v) is 7.33. The van der Waals surface area contributed by atoms with E-state index in [1.165, 1.54) is 12.1 Å². The highest BCUT2D eigenvalue weighted by Gasteiger charge is 2.26. The zero-order valence-electron chi connectivity index (χ0n) is 13.0. The summed E-state index contributed by atoms with van der Waals surface area (Å²) in [4.78, 5) is 24.6. The summed E-state index contributed by atoms with van der Waals surface area (Å²) in [5, 5.41) is 27.1. The molecule has 10 nitrogen and oxygen atoms in total. The average molecular weight is 342 g/mol. The van der Waals surface area contributed by atoms with Gasteiger partial charge in [-0.1, -0.05) is 18.2 Å². The van der Waals surface area contributed by atoms with Crippen molar-refractivity contribution >= 4 is 23.0 Å². The van der Waals surface area contributed by atoms with Gasteiger partial charge >= 0.3 is 0 Å². The molecule has 10 heteroatoms. The molecular weight excluding hydrogens is 328 g/mol. The third kappa shape index (κ3) is 3.63. The van der Waals surface area contributed by atoms with Crippen LogP contribution in [0.4, 0.5) is 17.1 Å². The molecule has 0 unspecified atom stereocenters. The van der Waals surface area contributed by atoms with E-state index in [0.717, 1.165) is 11.4 Å². The van der Waals surface area contributed by atoms with Gasteiger partial charge in [0.1, 0.15) is 5.10 Å². The summed E-state index contributed by atoms with van der Waals surface area (Å²) in [5.41, 5.74) is 1.49. The van der Waals surface area contributed by atoms with Crippen molar-refractivity contribution in [2.45, 2.75) is 0 Å². The molecule has 1 aliphatic heterocycles. The van der Waals surface area contributed by atoms with Gasteiger partial charge in [0.2, 0.25) is 0 Å². The van der Waals surface area contributed by atoms with Gasteiger partial charge in [0.15, 0.2) is 5.03 Å². The number of hydrogen-bond donors (Lipinski definition) is 1. The normalized spacial score (nSPS) is 15.8. The molecule has 2 aromatic rings. The van der Waals surface area contributed by atoms with Crippen LogP contribution in [0.15, 0.2) is 59.7 Å². The molecule has 0 saturated carbocycles. The zero-order chi connectivity index (χ0) is 17.8. The number of nitro benzene ring substituents is 1. The van der Waals surface area contributed by atoms with E-state index in [-0.39, 0.29) is 18.3 Å². The molecular formula is C15H14N6O4. The molecule has 0 aromatic heterocycles. The maximum absolute atomic E-state index is 10.8. The lowest BCUT2D eigenvalue weighted by Crippen LogP contribution is -2.57. The number of benzene rings is 2. The lowest BCUT2D eigenvalue weighted by atomic mass is 10.2. The van der Waals surface area contributed by atoms with Crippen LogP contribution in [0.2, 0.25) is 0 Å². The topological polar surface area (TPSA) is 117 Å². The Morgan fingerprint density at radius 3 is 2.24 bits per heavy atom. The zero-order valence-corrected chi connectivity index (χ0v) is 13.0. The Bertz CT molecular complexity index is 809. The number of non-ortho nitro benzene ring substituents is 1. The summed E-state index contributed by atoms with van der Waals surface area (Å²) in [5.74, 6) is 0.134. The van der Waals surface area contributed by atoms with Gasteiger partial charge in [0, 0.05) is 23.5 Å². The number of hydrazone groups is 1. The third-order valence-corrected chi connectivity index (χ3v) is 3.67. The second-order valence-electron chi connectivity index (χ2n) is 5.21. The van der Waals surface area contributed by atoms with Crippen LogP contribution >= 0.6 is 0 Å². The lowest BCUT2D eigenvalue weighted by molar-refractivity contribution is -0.485. The van der Waals surface area contributed by atoms with Crippen molar-refractivity contribution in [1.82, 2.24) is 5.32 Å². The first-order valence-electron chi connectivity index (χ1n) is 7.33. The highest BCUT2D eigenvalue weighted by Crippen LogP contribution is 2.23. The maximum Gasteiger partial charge on any atom is 0.278 e. The van der Waals surface area contributed by atoms with E-state index in [4.69, 9.17) is 0 Å². The molecule has 1 heterocycles. The summed E-state index contributed by atoms with van der Waals surface area (Å²) < 4.78 is 0. The van der Waals surface area contributed by atoms with Gasteiger partial charge < -0.3 is 10.2 Å². The minimum atomic E-state index is -0.750. The van der Waals surface area contributed by atoms with E-state index in [1.807, 2.05) is 35.2 Å². The molecule has 0 spiro atoms. The highest BCUT2D eigenvalue weighted by atomic mass is 16.7. The van der Waals surface area contributed by atoms with Crippen molar-refractivity contribution in [3.8, 4) is 0 Å². The molecule has 1 aliphatic rings.